The number of amides is 1. The van der Waals surface area contributed by atoms with Gasteiger partial charge in [0, 0.05) is 32.3 Å². The quantitative estimate of drug-likeness (QED) is 0.797. The standard InChI is InChI=1S/C18H22N4O3S/c23-18-7-4-11-20(18)12-9-16-14-21(13-15-8-10-19-22(15)16)26(24,25)17-5-2-1-3-6-17/h1-3,5-6,8,10,16H,4,7,9,11-14H2. The summed E-state index contributed by atoms with van der Waals surface area (Å²) in [6.45, 7) is 2.12. The fraction of sp³-hybridized carbons (Fsp3) is 0.444. The molecule has 0 aliphatic carbocycles. The van der Waals surface area contributed by atoms with E-state index in [1.54, 1.807) is 36.5 Å². The van der Waals surface area contributed by atoms with Crippen LogP contribution in [0, 0.1) is 0 Å². The van der Waals surface area contributed by atoms with Gasteiger partial charge in [-0.15, -0.1) is 0 Å². The Labute approximate surface area is 153 Å². The molecule has 0 spiro atoms. The number of hydrogen-bond acceptors (Lipinski definition) is 4. The van der Waals surface area contributed by atoms with E-state index in [0.29, 0.717) is 37.4 Å². The molecule has 1 aromatic heterocycles. The highest BCUT2D eigenvalue weighted by molar-refractivity contribution is 7.89. The number of rotatable bonds is 5. The van der Waals surface area contributed by atoms with Crippen LogP contribution in [0.5, 0.6) is 0 Å². The average Bonchev–Trinajstić information content (AvgIpc) is 3.29. The number of sulfonamides is 1. The lowest BCUT2D eigenvalue weighted by Crippen LogP contribution is -2.42. The molecule has 1 atom stereocenters. The summed E-state index contributed by atoms with van der Waals surface area (Å²) in [4.78, 5) is 14.0. The van der Waals surface area contributed by atoms with Crippen LogP contribution in [0.25, 0.3) is 0 Å². The van der Waals surface area contributed by atoms with Crippen LogP contribution < -0.4 is 0 Å². The number of likely N-dealkylation sites (tertiary alicyclic amines) is 1. The molecule has 2 aliphatic heterocycles. The molecular weight excluding hydrogens is 352 g/mol. The molecule has 2 aliphatic rings. The minimum atomic E-state index is -3.55. The summed E-state index contributed by atoms with van der Waals surface area (Å²) < 4.78 is 29.5. The van der Waals surface area contributed by atoms with Gasteiger partial charge in [0.05, 0.1) is 23.2 Å². The van der Waals surface area contributed by atoms with Gasteiger partial charge in [0.2, 0.25) is 15.9 Å². The van der Waals surface area contributed by atoms with Gasteiger partial charge < -0.3 is 4.90 Å². The first kappa shape index (κ1) is 17.2. The Hall–Kier alpha value is -2.19. The average molecular weight is 374 g/mol. The molecule has 7 nitrogen and oxygen atoms in total. The lowest BCUT2D eigenvalue weighted by Gasteiger charge is -2.34. The van der Waals surface area contributed by atoms with Crippen LogP contribution in [-0.2, 0) is 21.4 Å². The van der Waals surface area contributed by atoms with Crippen molar-refractivity contribution in [2.75, 3.05) is 19.6 Å². The number of carbonyl (C=O) groups is 1. The Morgan fingerprint density at radius 1 is 1.15 bits per heavy atom. The van der Waals surface area contributed by atoms with Crippen LogP contribution in [0.1, 0.15) is 31.0 Å². The fourth-order valence-electron chi connectivity index (χ4n) is 3.74. The third-order valence-corrected chi connectivity index (χ3v) is 6.96. The van der Waals surface area contributed by atoms with Gasteiger partial charge >= 0.3 is 0 Å². The third-order valence-electron chi connectivity index (χ3n) is 5.14. The van der Waals surface area contributed by atoms with Crippen LogP contribution in [0.4, 0.5) is 0 Å². The molecule has 0 saturated carbocycles. The van der Waals surface area contributed by atoms with E-state index in [1.807, 2.05) is 15.6 Å². The van der Waals surface area contributed by atoms with Gasteiger partial charge in [-0.2, -0.15) is 9.40 Å². The number of fused-ring (bicyclic) bond motifs is 1. The van der Waals surface area contributed by atoms with Crippen molar-refractivity contribution >= 4 is 15.9 Å². The fourth-order valence-corrected chi connectivity index (χ4v) is 5.21. The maximum atomic E-state index is 13.0. The Kier molecular flexibility index (Phi) is 4.54. The Balaban J connectivity index is 1.55. The van der Waals surface area contributed by atoms with Gasteiger partial charge in [-0.25, -0.2) is 8.42 Å². The van der Waals surface area contributed by atoms with Crippen molar-refractivity contribution in [2.45, 2.75) is 36.7 Å². The molecule has 4 rings (SSSR count). The predicted octanol–water partition coefficient (Wildman–Crippen LogP) is 1.64. The second kappa shape index (κ2) is 6.85. The van der Waals surface area contributed by atoms with Crippen LogP contribution in [-0.4, -0.2) is 52.9 Å². The lowest BCUT2D eigenvalue weighted by molar-refractivity contribution is -0.127. The second-order valence-corrected chi connectivity index (χ2v) is 8.74. The van der Waals surface area contributed by atoms with E-state index in [0.717, 1.165) is 18.7 Å². The summed E-state index contributed by atoms with van der Waals surface area (Å²) in [6, 6.07) is 10.3. The van der Waals surface area contributed by atoms with E-state index >= 15 is 0 Å². The van der Waals surface area contributed by atoms with Gasteiger partial charge in [-0.3, -0.25) is 9.48 Å². The van der Waals surface area contributed by atoms with Crippen LogP contribution in [0.3, 0.4) is 0 Å². The predicted molar refractivity (Wildman–Crippen MR) is 95.7 cm³/mol. The van der Waals surface area contributed by atoms with Crippen LogP contribution in [0.2, 0.25) is 0 Å². The highest BCUT2D eigenvalue weighted by Gasteiger charge is 2.34. The molecule has 1 unspecified atom stereocenters. The van der Waals surface area contributed by atoms with E-state index in [9.17, 15) is 13.2 Å². The SMILES string of the molecule is O=C1CCCN1CCC1CN(S(=O)(=O)c2ccccc2)Cc2ccnn21. The summed E-state index contributed by atoms with van der Waals surface area (Å²) in [6.07, 6.45) is 3.93. The second-order valence-electron chi connectivity index (χ2n) is 6.80. The Bertz CT molecular complexity index is 894. The highest BCUT2D eigenvalue weighted by Crippen LogP contribution is 2.28. The van der Waals surface area contributed by atoms with Crippen molar-refractivity contribution in [1.29, 1.82) is 0 Å². The summed E-state index contributed by atoms with van der Waals surface area (Å²) in [5, 5.41) is 4.38. The smallest absolute Gasteiger partial charge is 0.243 e. The topological polar surface area (TPSA) is 75.5 Å². The molecule has 138 valence electrons. The van der Waals surface area contributed by atoms with E-state index in [2.05, 4.69) is 5.10 Å². The molecule has 3 heterocycles. The summed E-state index contributed by atoms with van der Waals surface area (Å²) in [7, 11) is -3.55. The Morgan fingerprint density at radius 3 is 2.69 bits per heavy atom. The largest absolute Gasteiger partial charge is 0.343 e. The number of carbonyl (C=O) groups excluding carboxylic acids is 1. The van der Waals surface area contributed by atoms with Crippen molar-refractivity contribution in [3.05, 3.63) is 48.3 Å². The van der Waals surface area contributed by atoms with Gasteiger partial charge in [-0.05, 0) is 31.0 Å². The first-order valence-electron chi connectivity index (χ1n) is 8.91. The van der Waals surface area contributed by atoms with Crippen molar-refractivity contribution in [1.82, 2.24) is 19.0 Å². The molecule has 2 aromatic rings. The van der Waals surface area contributed by atoms with E-state index < -0.39 is 10.0 Å². The molecule has 1 saturated heterocycles. The maximum Gasteiger partial charge on any atom is 0.243 e. The molecule has 1 fully saturated rings. The highest BCUT2D eigenvalue weighted by atomic mass is 32.2. The molecule has 8 heteroatoms. The van der Waals surface area contributed by atoms with Crippen molar-refractivity contribution in [3.8, 4) is 0 Å². The van der Waals surface area contributed by atoms with Crippen LogP contribution >= 0.6 is 0 Å². The summed E-state index contributed by atoms with van der Waals surface area (Å²) in [5.74, 6) is 0.190. The van der Waals surface area contributed by atoms with Gasteiger partial charge in [0.15, 0.2) is 0 Å². The van der Waals surface area contributed by atoms with E-state index in [4.69, 9.17) is 0 Å². The van der Waals surface area contributed by atoms with Crippen LogP contribution in [0.15, 0.2) is 47.5 Å². The zero-order valence-electron chi connectivity index (χ0n) is 14.5. The first-order chi connectivity index (χ1) is 12.6. The lowest BCUT2D eigenvalue weighted by atomic mass is 10.1. The van der Waals surface area contributed by atoms with Gasteiger partial charge in [-0.1, -0.05) is 18.2 Å². The van der Waals surface area contributed by atoms with Crippen molar-refractivity contribution in [2.24, 2.45) is 0 Å². The maximum absolute atomic E-state index is 13.0. The molecule has 1 amide bonds. The molecule has 0 bridgehead atoms. The van der Waals surface area contributed by atoms with Crippen molar-refractivity contribution < 1.29 is 13.2 Å². The molecule has 0 N–H and O–H groups in total. The number of aromatic nitrogens is 2. The minimum absolute atomic E-state index is 0.0689. The molecule has 1 aromatic carbocycles. The molecule has 26 heavy (non-hydrogen) atoms. The normalized spacial score (nSPS) is 21.2. The van der Waals surface area contributed by atoms with Gasteiger partial charge in [0.25, 0.3) is 0 Å². The molecule has 0 radical (unpaired) electrons. The first-order valence-corrected chi connectivity index (χ1v) is 10.3. The number of nitrogens with zero attached hydrogens (tertiary/aromatic N) is 4. The zero-order chi connectivity index (χ0) is 18.1. The third kappa shape index (κ3) is 3.14. The summed E-state index contributed by atoms with van der Waals surface area (Å²) >= 11 is 0. The van der Waals surface area contributed by atoms with E-state index in [-0.39, 0.29) is 11.9 Å². The monoisotopic (exact) mass is 374 g/mol. The summed E-state index contributed by atoms with van der Waals surface area (Å²) in [5.41, 5.74) is 0.883. The number of benzene rings is 1. The minimum Gasteiger partial charge on any atom is -0.343 e. The van der Waals surface area contributed by atoms with E-state index in [1.165, 1.54) is 4.31 Å². The van der Waals surface area contributed by atoms with Gasteiger partial charge in [0.1, 0.15) is 0 Å². The molecular formula is C18H22N4O3S. The Morgan fingerprint density at radius 2 is 1.96 bits per heavy atom. The zero-order valence-corrected chi connectivity index (χ0v) is 15.3. The van der Waals surface area contributed by atoms with Crippen molar-refractivity contribution in [3.63, 3.8) is 0 Å². The number of hydrogen-bond donors (Lipinski definition) is 0.